The quantitative estimate of drug-likeness (QED) is 0.472. The Morgan fingerprint density at radius 1 is 0.875 bits per heavy atom. The topological polar surface area (TPSA) is 143 Å². The lowest BCUT2D eigenvalue weighted by molar-refractivity contribution is 0.0689. The minimum Gasteiger partial charge on any atom is -0.477 e. The van der Waals surface area contributed by atoms with E-state index in [0.29, 0.717) is 13.0 Å². The van der Waals surface area contributed by atoms with Gasteiger partial charge in [-0.25, -0.2) is 22.9 Å². The van der Waals surface area contributed by atoms with Crippen LogP contribution < -0.4 is 10.0 Å². The van der Waals surface area contributed by atoms with Crippen molar-refractivity contribution in [1.29, 1.82) is 0 Å². The highest BCUT2D eigenvalue weighted by Crippen LogP contribution is 2.13. The molecule has 3 N–H and O–H groups in total. The fraction of sp³-hybridized carbons (Fsp3) is 0.0909. The number of hydrogen-bond acceptors (Lipinski definition) is 6. The van der Waals surface area contributed by atoms with Crippen LogP contribution in [-0.4, -0.2) is 42.8 Å². The van der Waals surface area contributed by atoms with Gasteiger partial charge >= 0.3 is 5.97 Å². The van der Waals surface area contributed by atoms with Gasteiger partial charge < -0.3 is 10.4 Å². The molecule has 32 heavy (non-hydrogen) atoms. The molecular formula is C22H19N3O6S. The van der Waals surface area contributed by atoms with Crippen molar-refractivity contribution in [3.63, 3.8) is 0 Å². The van der Waals surface area contributed by atoms with Crippen molar-refractivity contribution in [2.45, 2.75) is 11.3 Å². The van der Waals surface area contributed by atoms with Crippen LogP contribution in [0.15, 0.2) is 77.8 Å². The van der Waals surface area contributed by atoms with Crippen LogP contribution in [0.25, 0.3) is 0 Å². The maximum Gasteiger partial charge on any atom is 0.354 e. The molecule has 0 radical (unpaired) electrons. The second-order valence-electron chi connectivity index (χ2n) is 6.69. The zero-order valence-corrected chi connectivity index (χ0v) is 17.5. The van der Waals surface area contributed by atoms with Gasteiger partial charge in [0.2, 0.25) is 0 Å². The number of amides is 2. The van der Waals surface area contributed by atoms with Crippen LogP contribution in [0.4, 0.5) is 0 Å². The summed E-state index contributed by atoms with van der Waals surface area (Å²) in [5, 5.41) is 11.6. The summed E-state index contributed by atoms with van der Waals surface area (Å²) >= 11 is 0. The smallest absolute Gasteiger partial charge is 0.354 e. The largest absolute Gasteiger partial charge is 0.477 e. The molecule has 0 bridgehead atoms. The lowest BCUT2D eigenvalue weighted by Crippen LogP contribution is -2.31. The van der Waals surface area contributed by atoms with Gasteiger partial charge in [-0.2, -0.15) is 0 Å². The fourth-order valence-corrected chi connectivity index (χ4v) is 3.79. The monoisotopic (exact) mass is 453 g/mol. The van der Waals surface area contributed by atoms with E-state index in [2.05, 4.69) is 10.3 Å². The number of carbonyl (C=O) groups excluding carboxylic acids is 2. The summed E-state index contributed by atoms with van der Waals surface area (Å²) in [4.78, 5) is 38.8. The van der Waals surface area contributed by atoms with Gasteiger partial charge in [-0.1, -0.05) is 36.4 Å². The van der Waals surface area contributed by atoms with Crippen LogP contribution in [0.5, 0.6) is 0 Å². The average Bonchev–Trinajstić information content (AvgIpc) is 2.79. The Kier molecular flexibility index (Phi) is 6.96. The van der Waals surface area contributed by atoms with Crippen LogP contribution >= 0.6 is 0 Å². The summed E-state index contributed by atoms with van der Waals surface area (Å²) in [7, 11) is -4.28. The van der Waals surface area contributed by atoms with Crippen molar-refractivity contribution in [3.8, 4) is 0 Å². The standard InChI is InChI=1S/C22H19N3O6S/c26-20(23-12-11-15-5-2-1-3-6-15)16-7-4-8-18(13-16)32(30,31)25-21(27)17-9-10-19(22(28)29)24-14-17/h1-10,13-14H,11-12H2,(H,23,26)(H,25,27)(H,28,29). The molecular weight excluding hydrogens is 434 g/mol. The Balaban J connectivity index is 1.66. The number of sulfonamides is 1. The van der Waals surface area contributed by atoms with E-state index in [4.69, 9.17) is 5.11 Å². The van der Waals surface area contributed by atoms with E-state index in [9.17, 15) is 22.8 Å². The number of hydrogen-bond donors (Lipinski definition) is 3. The molecule has 0 aliphatic heterocycles. The predicted octanol–water partition coefficient (Wildman–Crippen LogP) is 1.87. The van der Waals surface area contributed by atoms with Crippen LogP contribution in [0.2, 0.25) is 0 Å². The highest BCUT2D eigenvalue weighted by Gasteiger charge is 2.20. The number of carboxylic acids is 1. The lowest BCUT2D eigenvalue weighted by Gasteiger charge is -2.09. The molecule has 0 unspecified atom stereocenters. The molecule has 164 valence electrons. The molecule has 0 fully saturated rings. The third-order valence-electron chi connectivity index (χ3n) is 4.42. The minimum atomic E-state index is -4.28. The normalized spacial score (nSPS) is 10.9. The number of nitrogens with zero attached hydrogens (tertiary/aromatic N) is 1. The first kappa shape index (κ1) is 22.6. The highest BCUT2D eigenvalue weighted by atomic mass is 32.2. The maximum atomic E-state index is 12.6. The van der Waals surface area contributed by atoms with Crippen LogP contribution in [-0.2, 0) is 16.4 Å². The number of carbonyl (C=O) groups is 3. The molecule has 0 saturated carbocycles. The Bertz CT molecular complexity index is 1240. The molecule has 0 saturated heterocycles. The third kappa shape index (κ3) is 5.76. The Morgan fingerprint density at radius 3 is 2.28 bits per heavy atom. The SMILES string of the molecule is O=C(NCCc1ccccc1)c1cccc(S(=O)(=O)NC(=O)c2ccc(C(=O)O)nc2)c1. The number of rotatable bonds is 8. The summed E-state index contributed by atoms with van der Waals surface area (Å²) in [6.45, 7) is 0.371. The molecule has 3 aromatic rings. The fourth-order valence-electron chi connectivity index (χ4n) is 2.77. The number of aromatic carboxylic acids is 1. The van der Waals surface area contributed by atoms with Gasteiger partial charge in [0.05, 0.1) is 10.5 Å². The minimum absolute atomic E-state index is 0.126. The van der Waals surface area contributed by atoms with E-state index in [0.717, 1.165) is 23.9 Å². The van der Waals surface area contributed by atoms with Gasteiger partial charge in [-0.3, -0.25) is 9.59 Å². The molecule has 0 aliphatic carbocycles. The van der Waals surface area contributed by atoms with Crippen molar-refractivity contribution >= 4 is 27.8 Å². The summed E-state index contributed by atoms with van der Waals surface area (Å²) in [5.41, 5.74) is 0.766. The Morgan fingerprint density at radius 2 is 1.62 bits per heavy atom. The molecule has 3 rings (SSSR count). The Labute approximate surface area is 184 Å². The average molecular weight is 453 g/mol. The van der Waals surface area contributed by atoms with E-state index in [1.54, 1.807) is 0 Å². The van der Waals surface area contributed by atoms with Crippen LogP contribution in [0.3, 0.4) is 0 Å². The zero-order valence-electron chi connectivity index (χ0n) is 16.7. The van der Waals surface area contributed by atoms with Crippen molar-refractivity contribution in [3.05, 3.63) is 95.3 Å². The predicted molar refractivity (Wildman–Crippen MR) is 115 cm³/mol. The van der Waals surface area contributed by atoms with Crippen LogP contribution in [0, 0.1) is 0 Å². The third-order valence-corrected chi connectivity index (χ3v) is 5.75. The van der Waals surface area contributed by atoms with Gasteiger partial charge in [0.25, 0.3) is 21.8 Å². The molecule has 0 aliphatic rings. The van der Waals surface area contributed by atoms with E-state index >= 15 is 0 Å². The second-order valence-corrected chi connectivity index (χ2v) is 8.37. The van der Waals surface area contributed by atoms with Crippen molar-refractivity contribution in [2.75, 3.05) is 6.54 Å². The summed E-state index contributed by atoms with van der Waals surface area (Å²) in [6.07, 6.45) is 1.58. The summed E-state index contributed by atoms with van der Waals surface area (Å²) in [5.74, 6) is -2.70. The van der Waals surface area contributed by atoms with E-state index in [-0.39, 0.29) is 21.7 Å². The van der Waals surface area contributed by atoms with Gasteiger partial charge in [-0.05, 0) is 42.3 Å². The molecule has 2 amide bonds. The first-order valence-corrected chi connectivity index (χ1v) is 10.9. The first-order valence-electron chi connectivity index (χ1n) is 9.45. The summed E-state index contributed by atoms with van der Waals surface area (Å²) < 4.78 is 27.1. The van der Waals surface area contributed by atoms with Crippen molar-refractivity contribution < 1.29 is 27.9 Å². The number of nitrogens with one attached hydrogen (secondary N) is 2. The number of benzene rings is 2. The maximum absolute atomic E-state index is 12.6. The van der Waals surface area contributed by atoms with Gasteiger partial charge in [0.1, 0.15) is 5.69 Å². The summed E-state index contributed by atoms with van der Waals surface area (Å²) in [6, 6.07) is 17.1. The first-order chi connectivity index (χ1) is 15.3. The number of pyridine rings is 1. The molecule has 0 spiro atoms. The van der Waals surface area contributed by atoms with E-state index in [1.807, 2.05) is 35.1 Å². The molecule has 9 nitrogen and oxygen atoms in total. The second kappa shape index (κ2) is 9.84. The number of carboxylic acid groups (broad SMARTS) is 1. The highest BCUT2D eigenvalue weighted by molar-refractivity contribution is 7.90. The molecule has 0 atom stereocenters. The van der Waals surface area contributed by atoms with Gasteiger partial charge in [0.15, 0.2) is 0 Å². The molecule has 1 aromatic heterocycles. The number of aromatic nitrogens is 1. The van der Waals surface area contributed by atoms with Crippen LogP contribution in [0.1, 0.15) is 36.8 Å². The molecule has 10 heteroatoms. The molecule has 2 aromatic carbocycles. The van der Waals surface area contributed by atoms with E-state index < -0.39 is 27.8 Å². The molecule has 1 heterocycles. The zero-order chi connectivity index (χ0) is 23.1. The van der Waals surface area contributed by atoms with Gasteiger partial charge in [-0.15, -0.1) is 0 Å². The van der Waals surface area contributed by atoms with Crippen molar-refractivity contribution in [1.82, 2.24) is 15.0 Å². The van der Waals surface area contributed by atoms with E-state index in [1.165, 1.54) is 24.3 Å². The lowest BCUT2D eigenvalue weighted by atomic mass is 10.1. The van der Waals surface area contributed by atoms with Crippen molar-refractivity contribution in [2.24, 2.45) is 0 Å². The van der Waals surface area contributed by atoms with Gasteiger partial charge in [0, 0.05) is 18.3 Å². The Hall–Kier alpha value is -4.05.